The molecule has 0 unspecified atom stereocenters. The Hall–Kier alpha value is -1.96. The molecule has 1 aromatic carbocycles. The molecule has 0 aliphatic carbocycles. The Labute approximate surface area is 137 Å². The van der Waals surface area contributed by atoms with Gasteiger partial charge in [-0.3, -0.25) is 9.59 Å². The van der Waals surface area contributed by atoms with Gasteiger partial charge in [0, 0.05) is 20.0 Å². The highest BCUT2D eigenvalue weighted by Gasteiger charge is 2.22. The minimum absolute atomic E-state index is 0.150. The van der Waals surface area contributed by atoms with Crippen LogP contribution >= 0.6 is 15.9 Å². The second-order valence-corrected chi connectivity index (χ2v) is 5.04. The third-order valence-corrected chi connectivity index (χ3v) is 3.59. The van der Waals surface area contributed by atoms with Gasteiger partial charge >= 0.3 is 0 Å². The molecule has 0 saturated carbocycles. The molecular formula is C14H19BrN2O5. The largest absolute Gasteiger partial charge is 0.493 e. The number of carbonyl (C=O) groups is 2. The maximum Gasteiger partial charge on any atom is 0.252 e. The lowest BCUT2D eigenvalue weighted by Crippen LogP contribution is -2.33. The van der Waals surface area contributed by atoms with Crippen molar-refractivity contribution < 1.29 is 23.8 Å². The van der Waals surface area contributed by atoms with E-state index >= 15 is 0 Å². The quantitative estimate of drug-likeness (QED) is 0.703. The van der Waals surface area contributed by atoms with Gasteiger partial charge in [0.25, 0.3) is 5.91 Å². The summed E-state index contributed by atoms with van der Waals surface area (Å²) in [7, 11) is 4.43. The van der Waals surface area contributed by atoms with E-state index in [0.29, 0.717) is 40.4 Å². The van der Waals surface area contributed by atoms with Crippen LogP contribution in [0.15, 0.2) is 10.5 Å². The molecule has 0 aliphatic rings. The van der Waals surface area contributed by atoms with Gasteiger partial charge in [-0.25, -0.2) is 0 Å². The van der Waals surface area contributed by atoms with Crippen molar-refractivity contribution in [2.45, 2.75) is 6.92 Å². The van der Waals surface area contributed by atoms with Gasteiger partial charge in [0.2, 0.25) is 11.7 Å². The number of benzene rings is 1. The average molecular weight is 375 g/mol. The van der Waals surface area contributed by atoms with Gasteiger partial charge in [-0.15, -0.1) is 0 Å². The van der Waals surface area contributed by atoms with Crippen molar-refractivity contribution in [3.63, 3.8) is 0 Å². The topological polar surface area (TPSA) is 85.9 Å². The van der Waals surface area contributed by atoms with Crippen LogP contribution in [0.4, 0.5) is 0 Å². The molecule has 22 heavy (non-hydrogen) atoms. The fourth-order valence-electron chi connectivity index (χ4n) is 1.80. The van der Waals surface area contributed by atoms with Crippen LogP contribution in [0.3, 0.4) is 0 Å². The van der Waals surface area contributed by atoms with Crippen molar-refractivity contribution in [1.82, 2.24) is 10.6 Å². The Bertz CT molecular complexity index is 563. The van der Waals surface area contributed by atoms with E-state index in [1.54, 1.807) is 6.07 Å². The molecule has 0 radical (unpaired) electrons. The van der Waals surface area contributed by atoms with Gasteiger partial charge in [-0.1, -0.05) is 0 Å². The summed E-state index contributed by atoms with van der Waals surface area (Å²) >= 11 is 3.34. The molecule has 1 rings (SSSR count). The number of ether oxygens (including phenoxy) is 3. The van der Waals surface area contributed by atoms with E-state index < -0.39 is 0 Å². The summed E-state index contributed by atoms with van der Waals surface area (Å²) in [5.74, 6) is 0.676. The normalized spacial score (nSPS) is 9.86. The first-order valence-corrected chi connectivity index (χ1v) is 7.26. The van der Waals surface area contributed by atoms with Gasteiger partial charge < -0.3 is 24.8 Å². The van der Waals surface area contributed by atoms with E-state index in [4.69, 9.17) is 14.2 Å². The molecule has 0 fully saturated rings. The van der Waals surface area contributed by atoms with Crippen molar-refractivity contribution in [1.29, 1.82) is 0 Å². The second kappa shape index (κ2) is 8.47. The minimum atomic E-state index is -0.323. The molecule has 8 heteroatoms. The first kappa shape index (κ1) is 18.1. The standard InChI is InChI=1S/C14H19BrN2O5/c1-8(18)16-5-6-17-14(19)9-7-10(20-2)12(21-3)13(22-4)11(9)15/h7H,5-6H2,1-4H3,(H,16,18)(H,17,19). The van der Waals surface area contributed by atoms with E-state index in [1.165, 1.54) is 28.3 Å². The summed E-state index contributed by atoms with van der Waals surface area (Å²) < 4.78 is 16.2. The summed E-state index contributed by atoms with van der Waals surface area (Å²) in [5.41, 5.74) is 0.345. The molecule has 0 heterocycles. The Kier molecular flexibility index (Phi) is 6.97. The monoisotopic (exact) mass is 374 g/mol. The Morgan fingerprint density at radius 2 is 1.64 bits per heavy atom. The third-order valence-electron chi connectivity index (χ3n) is 2.80. The smallest absolute Gasteiger partial charge is 0.252 e. The predicted octanol–water partition coefficient (Wildman–Crippen LogP) is 1.34. The van der Waals surface area contributed by atoms with E-state index in [2.05, 4.69) is 26.6 Å². The highest BCUT2D eigenvalue weighted by atomic mass is 79.9. The summed E-state index contributed by atoms with van der Waals surface area (Å²) in [6.07, 6.45) is 0. The van der Waals surface area contributed by atoms with Crippen LogP contribution in [0.5, 0.6) is 17.2 Å². The lowest BCUT2D eigenvalue weighted by atomic mass is 10.1. The number of halogens is 1. The Morgan fingerprint density at radius 3 is 2.14 bits per heavy atom. The molecule has 122 valence electrons. The van der Waals surface area contributed by atoms with E-state index in [9.17, 15) is 9.59 Å². The molecule has 7 nitrogen and oxygen atoms in total. The van der Waals surface area contributed by atoms with Crippen LogP contribution in [-0.2, 0) is 4.79 Å². The number of rotatable bonds is 7. The maximum absolute atomic E-state index is 12.2. The first-order valence-electron chi connectivity index (χ1n) is 6.47. The highest BCUT2D eigenvalue weighted by molar-refractivity contribution is 9.10. The van der Waals surface area contributed by atoms with E-state index in [1.807, 2.05) is 0 Å². The zero-order valence-corrected chi connectivity index (χ0v) is 14.5. The van der Waals surface area contributed by atoms with Crippen molar-refractivity contribution in [3.8, 4) is 17.2 Å². The van der Waals surface area contributed by atoms with E-state index in [0.717, 1.165) is 0 Å². The lowest BCUT2D eigenvalue weighted by molar-refractivity contribution is -0.118. The average Bonchev–Trinajstić information content (AvgIpc) is 2.50. The molecular weight excluding hydrogens is 356 g/mol. The number of carbonyl (C=O) groups excluding carboxylic acids is 2. The Morgan fingerprint density at radius 1 is 1.05 bits per heavy atom. The highest BCUT2D eigenvalue weighted by Crippen LogP contribution is 2.44. The number of methoxy groups -OCH3 is 3. The molecule has 0 aliphatic heterocycles. The van der Waals surface area contributed by atoms with Crippen molar-refractivity contribution in [3.05, 3.63) is 16.1 Å². The molecule has 2 amide bonds. The van der Waals surface area contributed by atoms with Crippen LogP contribution in [0.25, 0.3) is 0 Å². The molecule has 0 spiro atoms. The number of nitrogens with one attached hydrogen (secondary N) is 2. The fourth-order valence-corrected chi connectivity index (χ4v) is 2.43. The second-order valence-electron chi connectivity index (χ2n) is 4.25. The van der Waals surface area contributed by atoms with Gasteiger partial charge in [0.05, 0.1) is 31.4 Å². The van der Waals surface area contributed by atoms with Crippen LogP contribution < -0.4 is 24.8 Å². The molecule has 1 aromatic rings. The van der Waals surface area contributed by atoms with Gasteiger partial charge in [0.15, 0.2) is 11.5 Å². The molecule has 0 saturated heterocycles. The number of hydrogen-bond acceptors (Lipinski definition) is 5. The summed E-state index contributed by atoms with van der Waals surface area (Å²) in [4.78, 5) is 23.0. The molecule has 0 atom stereocenters. The van der Waals surface area contributed by atoms with Crippen molar-refractivity contribution >= 4 is 27.7 Å². The Balaban J connectivity index is 2.98. The van der Waals surface area contributed by atoms with Crippen molar-refractivity contribution in [2.24, 2.45) is 0 Å². The molecule has 0 bridgehead atoms. The first-order chi connectivity index (χ1) is 10.5. The van der Waals surface area contributed by atoms with Gasteiger partial charge in [-0.2, -0.15) is 0 Å². The predicted molar refractivity (Wildman–Crippen MR) is 84.8 cm³/mol. The number of amides is 2. The maximum atomic E-state index is 12.2. The van der Waals surface area contributed by atoms with Crippen LogP contribution in [0.2, 0.25) is 0 Å². The molecule has 2 N–H and O–H groups in total. The zero-order chi connectivity index (χ0) is 16.7. The molecule has 0 aromatic heterocycles. The van der Waals surface area contributed by atoms with E-state index in [-0.39, 0.29) is 11.8 Å². The summed E-state index contributed by atoms with van der Waals surface area (Å²) in [6.45, 7) is 2.07. The van der Waals surface area contributed by atoms with Crippen LogP contribution in [0.1, 0.15) is 17.3 Å². The zero-order valence-electron chi connectivity index (χ0n) is 12.9. The van der Waals surface area contributed by atoms with Crippen molar-refractivity contribution in [2.75, 3.05) is 34.4 Å². The third kappa shape index (κ3) is 4.27. The van der Waals surface area contributed by atoms with Gasteiger partial charge in [0.1, 0.15) is 0 Å². The minimum Gasteiger partial charge on any atom is -0.493 e. The SMILES string of the molecule is COc1cc(C(=O)NCCNC(C)=O)c(Br)c(OC)c1OC. The lowest BCUT2D eigenvalue weighted by Gasteiger charge is -2.16. The van der Waals surface area contributed by atoms with Gasteiger partial charge in [-0.05, 0) is 22.0 Å². The summed E-state index contributed by atoms with van der Waals surface area (Å²) in [6, 6.07) is 1.55. The fraction of sp³-hybridized carbons (Fsp3) is 0.429. The van der Waals surface area contributed by atoms with Crippen LogP contribution in [0, 0.1) is 0 Å². The number of hydrogen-bond donors (Lipinski definition) is 2. The van der Waals surface area contributed by atoms with Crippen LogP contribution in [-0.4, -0.2) is 46.2 Å². The summed E-state index contributed by atoms with van der Waals surface area (Å²) in [5, 5.41) is 5.30.